The molecule has 1 heterocycles. The average Bonchev–Trinajstić information content (AvgIpc) is 2.98. The summed E-state index contributed by atoms with van der Waals surface area (Å²) in [5.41, 5.74) is 0.227. The van der Waals surface area contributed by atoms with Crippen LogP contribution in [0.5, 0.6) is 0 Å². The molecular formula is C30H21F5N2O3. The van der Waals surface area contributed by atoms with Crippen molar-refractivity contribution >= 4 is 29.1 Å². The van der Waals surface area contributed by atoms with Crippen molar-refractivity contribution in [2.75, 3.05) is 18.4 Å². The van der Waals surface area contributed by atoms with Crippen LogP contribution in [0.15, 0.2) is 66.0 Å². The lowest BCUT2D eigenvalue weighted by atomic mass is 9.89. The van der Waals surface area contributed by atoms with Crippen molar-refractivity contribution in [2.45, 2.75) is 19.3 Å². The summed E-state index contributed by atoms with van der Waals surface area (Å²) in [4.78, 5) is 41.3. The molecule has 0 radical (unpaired) electrons. The second kappa shape index (κ2) is 10.9. The van der Waals surface area contributed by atoms with Gasteiger partial charge in [0.1, 0.15) is 11.4 Å². The molecule has 1 saturated heterocycles. The fourth-order valence-corrected chi connectivity index (χ4v) is 4.78. The second-order valence-electron chi connectivity index (χ2n) is 9.36. The number of ketones is 3. The van der Waals surface area contributed by atoms with Crippen molar-refractivity contribution in [2.24, 2.45) is 0 Å². The standard InChI is InChI=1S/C30H21F5N2O3/c31-22-20(23(32)25(34)26(35)24(22)33)12-13-21(38)16-8-10-17(11-9-16)36-27-28(37-14-4-1-5-15-37)30(40)19-7-3-2-6-18(19)29(27)39/h2-3,6-13,36H,1,4-5,14-15H2/b13-12+. The molecule has 5 nitrogen and oxygen atoms in total. The summed E-state index contributed by atoms with van der Waals surface area (Å²) in [6.45, 7) is 1.26. The van der Waals surface area contributed by atoms with E-state index in [1.54, 1.807) is 24.3 Å². The van der Waals surface area contributed by atoms with Gasteiger partial charge in [-0.3, -0.25) is 14.4 Å². The number of likely N-dealkylation sites (tertiary alicyclic amines) is 1. The molecule has 2 aliphatic rings. The molecule has 40 heavy (non-hydrogen) atoms. The van der Waals surface area contributed by atoms with Crippen LogP contribution in [0, 0.1) is 29.1 Å². The molecule has 3 aromatic rings. The Morgan fingerprint density at radius 3 is 1.88 bits per heavy atom. The molecule has 0 aromatic heterocycles. The maximum Gasteiger partial charge on any atom is 0.212 e. The van der Waals surface area contributed by atoms with Crippen LogP contribution in [0.3, 0.4) is 0 Å². The van der Waals surface area contributed by atoms with Crippen molar-refractivity contribution < 1.29 is 36.3 Å². The molecule has 5 rings (SSSR count). The molecule has 0 bridgehead atoms. The smallest absolute Gasteiger partial charge is 0.212 e. The molecule has 1 fully saturated rings. The minimum absolute atomic E-state index is 0.0484. The molecule has 0 spiro atoms. The zero-order chi connectivity index (χ0) is 28.6. The van der Waals surface area contributed by atoms with E-state index in [1.165, 1.54) is 24.3 Å². The van der Waals surface area contributed by atoms with Crippen molar-refractivity contribution in [3.05, 3.63) is 117 Å². The molecule has 1 aliphatic heterocycles. The number of halogens is 5. The lowest BCUT2D eigenvalue weighted by molar-refractivity contribution is 0.0935. The summed E-state index contributed by atoms with van der Waals surface area (Å²) in [5, 5.41) is 3.03. The summed E-state index contributed by atoms with van der Waals surface area (Å²) in [5.74, 6) is -12.0. The van der Waals surface area contributed by atoms with Gasteiger partial charge < -0.3 is 10.2 Å². The van der Waals surface area contributed by atoms with E-state index in [0.717, 1.165) is 19.3 Å². The van der Waals surface area contributed by atoms with Crippen LogP contribution in [0.4, 0.5) is 27.6 Å². The van der Waals surface area contributed by atoms with Gasteiger partial charge in [-0.2, -0.15) is 0 Å². The normalized spacial score (nSPS) is 15.6. The number of hydrogen-bond acceptors (Lipinski definition) is 5. The zero-order valence-corrected chi connectivity index (χ0v) is 20.9. The summed E-state index contributed by atoms with van der Waals surface area (Å²) >= 11 is 0. The van der Waals surface area contributed by atoms with Gasteiger partial charge in [-0.15, -0.1) is 0 Å². The largest absolute Gasteiger partial charge is 0.367 e. The quantitative estimate of drug-likeness (QED) is 0.125. The van der Waals surface area contributed by atoms with Crippen molar-refractivity contribution in [3.63, 3.8) is 0 Å². The SMILES string of the molecule is O=C(/C=C/c1c(F)c(F)c(F)c(F)c1F)c1ccc(NC2=C(N3CCCCC3)C(=O)c3ccccc3C2=O)cc1. The Hall–Kier alpha value is -4.60. The van der Waals surface area contributed by atoms with Gasteiger partial charge in [0, 0.05) is 35.5 Å². The number of carbonyl (C=O) groups excluding carboxylic acids is 3. The first-order chi connectivity index (χ1) is 19.2. The average molecular weight is 552 g/mol. The number of benzene rings is 3. The number of hydrogen-bond donors (Lipinski definition) is 1. The van der Waals surface area contributed by atoms with Crippen LogP contribution in [-0.2, 0) is 0 Å². The van der Waals surface area contributed by atoms with E-state index >= 15 is 0 Å². The summed E-state index contributed by atoms with van der Waals surface area (Å²) in [6, 6.07) is 12.2. The van der Waals surface area contributed by atoms with Crippen molar-refractivity contribution in [1.29, 1.82) is 0 Å². The molecule has 0 unspecified atom stereocenters. The van der Waals surface area contributed by atoms with Gasteiger partial charge in [0.05, 0.1) is 5.56 Å². The number of rotatable bonds is 6. The van der Waals surface area contributed by atoms with Crippen molar-refractivity contribution in [1.82, 2.24) is 4.90 Å². The van der Waals surface area contributed by atoms with Crippen LogP contribution in [0.1, 0.15) is 55.9 Å². The maximum atomic E-state index is 13.9. The Morgan fingerprint density at radius 2 is 1.27 bits per heavy atom. The first kappa shape index (κ1) is 27.0. The highest BCUT2D eigenvalue weighted by Crippen LogP contribution is 2.31. The number of nitrogens with zero attached hydrogens (tertiary/aromatic N) is 1. The fraction of sp³-hybridized carbons (Fsp3) is 0.167. The molecular weight excluding hydrogens is 531 g/mol. The molecule has 1 aliphatic carbocycles. The summed E-state index contributed by atoms with van der Waals surface area (Å²) in [6.07, 6.45) is 4.01. The van der Waals surface area contributed by atoms with E-state index in [1.807, 2.05) is 4.90 Å². The van der Waals surface area contributed by atoms with E-state index in [0.29, 0.717) is 36.5 Å². The van der Waals surface area contributed by atoms with Crippen molar-refractivity contribution in [3.8, 4) is 0 Å². The Balaban J connectivity index is 1.41. The highest BCUT2D eigenvalue weighted by atomic mass is 19.2. The van der Waals surface area contributed by atoms with Crippen LogP contribution in [0.25, 0.3) is 6.08 Å². The highest BCUT2D eigenvalue weighted by Gasteiger charge is 2.35. The maximum absolute atomic E-state index is 13.9. The topological polar surface area (TPSA) is 66.5 Å². The zero-order valence-electron chi connectivity index (χ0n) is 20.9. The van der Waals surface area contributed by atoms with E-state index in [4.69, 9.17) is 0 Å². The summed E-state index contributed by atoms with van der Waals surface area (Å²) in [7, 11) is 0. The number of fused-ring (bicyclic) bond motifs is 1. The predicted molar refractivity (Wildman–Crippen MR) is 137 cm³/mol. The Bertz CT molecular complexity index is 1580. The molecule has 10 heteroatoms. The third kappa shape index (κ3) is 4.81. The predicted octanol–water partition coefficient (Wildman–Crippen LogP) is 6.47. The van der Waals surface area contributed by atoms with Gasteiger partial charge in [-0.1, -0.05) is 24.3 Å². The van der Waals surface area contributed by atoms with Crippen LogP contribution < -0.4 is 5.32 Å². The molecule has 0 atom stereocenters. The van der Waals surface area contributed by atoms with E-state index < -0.39 is 40.4 Å². The van der Waals surface area contributed by atoms with E-state index in [-0.39, 0.29) is 34.1 Å². The van der Waals surface area contributed by atoms with Crippen LogP contribution in [-0.4, -0.2) is 35.3 Å². The molecule has 3 aromatic carbocycles. The Labute approximate surface area is 225 Å². The van der Waals surface area contributed by atoms with E-state index in [2.05, 4.69) is 5.32 Å². The highest BCUT2D eigenvalue weighted by molar-refractivity contribution is 6.27. The molecule has 0 saturated carbocycles. The van der Waals surface area contributed by atoms with Gasteiger partial charge in [0.25, 0.3) is 0 Å². The molecule has 0 amide bonds. The van der Waals surface area contributed by atoms with Gasteiger partial charge in [-0.25, -0.2) is 22.0 Å². The van der Waals surface area contributed by atoms with Crippen LogP contribution in [0.2, 0.25) is 0 Å². The Morgan fingerprint density at radius 1 is 0.725 bits per heavy atom. The summed E-state index contributed by atoms with van der Waals surface area (Å²) < 4.78 is 67.9. The van der Waals surface area contributed by atoms with Crippen LogP contribution >= 0.6 is 0 Å². The number of allylic oxidation sites excluding steroid dienone is 3. The lowest BCUT2D eigenvalue weighted by Gasteiger charge is -2.34. The number of carbonyl (C=O) groups is 3. The lowest BCUT2D eigenvalue weighted by Crippen LogP contribution is -2.39. The second-order valence-corrected chi connectivity index (χ2v) is 9.36. The Kier molecular flexibility index (Phi) is 7.34. The van der Waals surface area contributed by atoms with Gasteiger partial charge >= 0.3 is 0 Å². The van der Waals surface area contributed by atoms with Gasteiger partial charge in [0.2, 0.25) is 17.4 Å². The fourth-order valence-electron chi connectivity index (χ4n) is 4.78. The number of anilines is 1. The molecule has 204 valence electrons. The van der Waals surface area contributed by atoms with E-state index in [9.17, 15) is 36.3 Å². The monoisotopic (exact) mass is 552 g/mol. The number of Topliss-reactive ketones (excluding diaryl/α,β-unsaturated/α-hetero) is 2. The minimum atomic E-state index is -2.29. The third-order valence-corrected chi connectivity index (χ3v) is 6.85. The molecule has 1 N–H and O–H groups in total. The first-order valence-electron chi connectivity index (χ1n) is 12.5. The first-order valence-corrected chi connectivity index (χ1v) is 12.5. The number of nitrogens with one attached hydrogen (secondary N) is 1. The van der Waals surface area contributed by atoms with Gasteiger partial charge in [0.15, 0.2) is 29.1 Å². The third-order valence-electron chi connectivity index (χ3n) is 6.85. The number of piperidine rings is 1. The minimum Gasteiger partial charge on any atom is -0.367 e. The van der Waals surface area contributed by atoms with Gasteiger partial charge in [-0.05, 0) is 55.7 Å².